The Labute approximate surface area is 130 Å². The summed E-state index contributed by atoms with van der Waals surface area (Å²) in [6, 6.07) is 0.336. The van der Waals surface area contributed by atoms with Crippen molar-refractivity contribution in [3.8, 4) is 0 Å². The van der Waals surface area contributed by atoms with Crippen LogP contribution in [0.3, 0.4) is 0 Å². The molecule has 8 heteroatoms. The number of aryl methyl sites for hydroxylation is 1. The number of hydrogen-bond donors (Lipinski definition) is 1. The number of methoxy groups -OCH3 is 1. The molecule has 0 saturated heterocycles. The van der Waals surface area contributed by atoms with Crippen molar-refractivity contribution in [2.24, 2.45) is 0 Å². The fourth-order valence-corrected chi connectivity index (χ4v) is 4.41. The van der Waals surface area contributed by atoms with Gasteiger partial charge in [-0.15, -0.1) is 11.3 Å². The van der Waals surface area contributed by atoms with Crippen LogP contribution in [0.25, 0.3) is 0 Å². The van der Waals surface area contributed by atoms with Crippen molar-refractivity contribution in [3.63, 3.8) is 0 Å². The third-order valence-electron chi connectivity index (χ3n) is 3.20. The summed E-state index contributed by atoms with van der Waals surface area (Å²) in [6.45, 7) is 6.61. The molecule has 0 aliphatic carbocycles. The minimum atomic E-state index is -3.72. The summed E-state index contributed by atoms with van der Waals surface area (Å²) in [5.41, 5.74) is 0.546. The molecule has 6 nitrogen and oxygen atoms in total. The maximum absolute atomic E-state index is 12.4. The van der Waals surface area contributed by atoms with E-state index in [0.717, 1.165) is 11.3 Å². The van der Waals surface area contributed by atoms with E-state index in [4.69, 9.17) is 0 Å². The lowest BCUT2D eigenvalue weighted by Gasteiger charge is -2.20. The summed E-state index contributed by atoms with van der Waals surface area (Å²) >= 11 is 1.08. The quantitative estimate of drug-likeness (QED) is 0.764. The van der Waals surface area contributed by atoms with Crippen molar-refractivity contribution in [1.29, 1.82) is 0 Å². The smallest absolute Gasteiger partial charge is 0.349 e. The average molecular weight is 334 g/mol. The fourth-order valence-electron chi connectivity index (χ4n) is 1.69. The van der Waals surface area contributed by atoms with Gasteiger partial charge in [0.25, 0.3) is 0 Å². The lowest BCUT2D eigenvalue weighted by molar-refractivity contribution is 0.0602. The van der Waals surface area contributed by atoms with Gasteiger partial charge in [-0.1, -0.05) is 0 Å². The van der Waals surface area contributed by atoms with E-state index in [9.17, 15) is 13.2 Å². The third-order valence-corrected chi connectivity index (χ3v) is 6.05. The zero-order valence-electron chi connectivity index (χ0n) is 13.0. The zero-order valence-corrected chi connectivity index (χ0v) is 14.6. The summed E-state index contributed by atoms with van der Waals surface area (Å²) in [5, 5.41) is 1.64. The first-order chi connectivity index (χ1) is 9.70. The van der Waals surface area contributed by atoms with Crippen LogP contribution in [0.2, 0.25) is 0 Å². The van der Waals surface area contributed by atoms with E-state index in [1.54, 1.807) is 12.3 Å². The second-order valence-electron chi connectivity index (χ2n) is 5.04. The van der Waals surface area contributed by atoms with Crippen LogP contribution in [0, 0.1) is 6.92 Å². The van der Waals surface area contributed by atoms with E-state index in [2.05, 4.69) is 9.46 Å². The number of sulfonamides is 1. The van der Waals surface area contributed by atoms with E-state index in [0.29, 0.717) is 18.2 Å². The van der Waals surface area contributed by atoms with Gasteiger partial charge in [0.2, 0.25) is 10.0 Å². The lowest BCUT2D eigenvalue weighted by Crippen LogP contribution is -2.36. The Morgan fingerprint density at radius 3 is 2.62 bits per heavy atom. The number of carbonyl (C=O) groups excluding carboxylic acids is 1. The summed E-state index contributed by atoms with van der Waals surface area (Å²) in [5.74, 6) is -0.632. The Morgan fingerprint density at radius 2 is 2.10 bits per heavy atom. The monoisotopic (exact) mass is 334 g/mol. The molecule has 0 spiro atoms. The molecule has 0 amide bonds. The molecule has 21 heavy (non-hydrogen) atoms. The minimum Gasteiger partial charge on any atom is -0.465 e. The molecule has 1 rings (SSSR count). The molecule has 0 aromatic carbocycles. The summed E-state index contributed by atoms with van der Waals surface area (Å²) in [7, 11) is -0.562. The fraction of sp³-hybridized carbons (Fsp3) is 0.615. The number of carbonyl (C=O) groups is 1. The van der Waals surface area contributed by atoms with Crippen LogP contribution in [0.4, 0.5) is 0 Å². The summed E-state index contributed by atoms with van der Waals surface area (Å²) in [4.78, 5) is 13.8. The number of nitrogens with one attached hydrogen (secondary N) is 1. The van der Waals surface area contributed by atoms with Crippen LogP contribution in [0.5, 0.6) is 0 Å². The number of esters is 1. The highest BCUT2D eigenvalue weighted by molar-refractivity contribution is 7.89. The van der Waals surface area contributed by atoms with Gasteiger partial charge in [-0.2, -0.15) is 0 Å². The first kappa shape index (κ1) is 18.1. The summed E-state index contributed by atoms with van der Waals surface area (Å²) in [6.07, 6.45) is 0. The van der Waals surface area contributed by atoms with Crippen LogP contribution in [0.1, 0.15) is 29.1 Å². The van der Waals surface area contributed by atoms with Crippen molar-refractivity contribution < 1.29 is 17.9 Å². The van der Waals surface area contributed by atoms with E-state index in [1.165, 1.54) is 7.11 Å². The topological polar surface area (TPSA) is 75.7 Å². The van der Waals surface area contributed by atoms with Gasteiger partial charge < -0.3 is 9.64 Å². The lowest BCUT2D eigenvalue weighted by atomic mass is 10.3. The molecule has 0 aliphatic heterocycles. The molecule has 0 fully saturated rings. The standard InChI is InChI=1S/C13H22N2O4S2/c1-9(2)15(4)7-6-14-21(17,18)12-10(3)8-20-11(12)13(16)19-5/h8-9,14H,6-7H2,1-5H3. The Hall–Kier alpha value is -0.960. The Kier molecular flexibility index (Phi) is 6.33. The minimum absolute atomic E-state index is 0.0200. The van der Waals surface area contributed by atoms with Crippen molar-refractivity contribution in [1.82, 2.24) is 9.62 Å². The van der Waals surface area contributed by atoms with Gasteiger partial charge in [0.1, 0.15) is 9.77 Å². The molecule has 0 bridgehead atoms. The van der Waals surface area contributed by atoms with Gasteiger partial charge in [-0.25, -0.2) is 17.9 Å². The molecule has 0 saturated carbocycles. The second kappa shape index (κ2) is 7.35. The first-order valence-corrected chi connectivity index (χ1v) is 8.93. The SMILES string of the molecule is COC(=O)c1scc(C)c1S(=O)(=O)NCCN(C)C(C)C. The molecular formula is C13H22N2O4S2. The van der Waals surface area contributed by atoms with Crippen molar-refractivity contribution >= 4 is 27.3 Å². The highest BCUT2D eigenvalue weighted by Crippen LogP contribution is 2.27. The number of nitrogens with zero attached hydrogens (tertiary/aromatic N) is 1. The molecule has 1 aromatic heterocycles. The third kappa shape index (κ3) is 4.50. The van der Waals surface area contributed by atoms with Crippen LogP contribution in [-0.2, 0) is 14.8 Å². The Bertz CT molecular complexity index is 593. The van der Waals surface area contributed by atoms with Crippen molar-refractivity contribution in [2.75, 3.05) is 27.2 Å². The predicted octanol–water partition coefficient (Wildman–Crippen LogP) is 1.46. The highest BCUT2D eigenvalue weighted by Gasteiger charge is 2.27. The van der Waals surface area contributed by atoms with Gasteiger partial charge in [0.05, 0.1) is 7.11 Å². The van der Waals surface area contributed by atoms with Crippen molar-refractivity contribution in [3.05, 3.63) is 15.8 Å². The van der Waals surface area contributed by atoms with E-state index < -0.39 is 16.0 Å². The maximum atomic E-state index is 12.4. The van der Waals surface area contributed by atoms with Gasteiger partial charge in [0, 0.05) is 19.1 Å². The predicted molar refractivity (Wildman–Crippen MR) is 83.4 cm³/mol. The summed E-state index contributed by atoms with van der Waals surface area (Å²) < 4.78 is 31.9. The van der Waals surface area contributed by atoms with Gasteiger partial charge in [-0.3, -0.25) is 0 Å². The number of hydrogen-bond acceptors (Lipinski definition) is 6. The zero-order chi connectivity index (χ0) is 16.2. The van der Waals surface area contributed by atoms with Gasteiger partial charge >= 0.3 is 5.97 Å². The van der Waals surface area contributed by atoms with Crippen LogP contribution < -0.4 is 4.72 Å². The largest absolute Gasteiger partial charge is 0.465 e. The Morgan fingerprint density at radius 1 is 1.48 bits per heavy atom. The molecular weight excluding hydrogens is 312 g/mol. The van der Waals surface area contributed by atoms with Gasteiger partial charge in [0.15, 0.2) is 0 Å². The molecule has 0 aliphatic rings. The molecule has 120 valence electrons. The number of ether oxygens (including phenoxy) is 1. The van der Waals surface area contributed by atoms with E-state index in [1.807, 2.05) is 25.8 Å². The van der Waals surface area contributed by atoms with Crippen LogP contribution >= 0.6 is 11.3 Å². The second-order valence-corrected chi connectivity index (χ2v) is 7.62. The highest BCUT2D eigenvalue weighted by atomic mass is 32.2. The molecule has 1 heterocycles. The van der Waals surface area contributed by atoms with Crippen LogP contribution in [-0.4, -0.2) is 52.6 Å². The van der Waals surface area contributed by atoms with Gasteiger partial charge in [-0.05, 0) is 38.8 Å². The Balaban J connectivity index is 2.89. The van der Waals surface area contributed by atoms with Crippen LogP contribution in [0.15, 0.2) is 10.3 Å². The first-order valence-electron chi connectivity index (χ1n) is 6.57. The number of rotatable bonds is 7. The maximum Gasteiger partial charge on any atom is 0.349 e. The molecule has 0 unspecified atom stereocenters. The average Bonchev–Trinajstić information content (AvgIpc) is 2.80. The molecule has 1 aromatic rings. The van der Waals surface area contributed by atoms with E-state index >= 15 is 0 Å². The van der Waals surface area contributed by atoms with E-state index in [-0.39, 0.29) is 16.3 Å². The van der Waals surface area contributed by atoms with Crippen molar-refractivity contribution in [2.45, 2.75) is 31.7 Å². The molecule has 0 atom stereocenters. The molecule has 1 N–H and O–H groups in total. The normalized spacial score (nSPS) is 12.1. The molecule has 0 radical (unpaired) electrons. The number of likely N-dealkylation sites (N-methyl/N-ethyl adjacent to an activating group) is 1. The number of thiophene rings is 1.